The summed E-state index contributed by atoms with van der Waals surface area (Å²) in [7, 11) is 3.90. The van der Waals surface area contributed by atoms with Crippen molar-refractivity contribution in [3.05, 3.63) is 35.4 Å². The standard InChI is InChI=1S/C14H21NO2/c1-11(2)12-5-7-13(8-6-12)14(16)17-10-9-15(3)4/h5-8,11H,9-10H2,1-4H3. The Hall–Kier alpha value is -1.35. The molecule has 1 aromatic rings. The first kappa shape index (κ1) is 13.7. The molecular formula is C14H21NO2. The van der Waals surface area contributed by atoms with Gasteiger partial charge in [0.25, 0.3) is 0 Å². The van der Waals surface area contributed by atoms with Crippen molar-refractivity contribution in [2.45, 2.75) is 19.8 Å². The van der Waals surface area contributed by atoms with Gasteiger partial charge < -0.3 is 9.64 Å². The third-order valence-electron chi connectivity index (χ3n) is 2.58. The maximum absolute atomic E-state index is 11.7. The summed E-state index contributed by atoms with van der Waals surface area (Å²) in [5.41, 5.74) is 1.85. The zero-order valence-electron chi connectivity index (χ0n) is 11.1. The SMILES string of the molecule is CC(C)c1ccc(C(=O)OCCN(C)C)cc1. The quantitative estimate of drug-likeness (QED) is 0.734. The van der Waals surface area contributed by atoms with Crippen molar-refractivity contribution in [1.82, 2.24) is 4.90 Å². The smallest absolute Gasteiger partial charge is 0.338 e. The van der Waals surface area contributed by atoms with E-state index in [0.29, 0.717) is 18.1 Å². The van der Waals surface area contributed by atoms with Crippen LogP contribution in [-0.4, -0.2) is 38.1 Å². The molecule has 0 bridgehead atoms. The molecule has 0 saturated carbocycles. The Morgan fingerprint density at radius 3 is 2.29 bits per heavy atom. The highest BCUT2D eigenvalue weighted by Gasteiger charge is 2.07. The molecule has 0 fully saturated rings. The highest BCUT2D eigenvalue weighted by atomic mass is 16.5. The largest absolute Gasteiger partial charge is 0.461 e. The molecule has 3 heteroatoms. The number of rotatable bonds is 5. The lowest BCUT2D eigenvalue weighted by atomic mass is 10.0. The van der Waals surface area contributed by atoms with Gasteiger partial charge in [-0.15, -0.1) is 0 Å². The van der Waals surface area contributed by atoms with Crippen molar-refractivity contribution in [3.63, 3.8) is 0 Å². The predicted molar refractivity (Wildman–Crippen MR) is 69.4 cm³/mol. The molecule has 0 aromatic heterocycles. The fourth-order valence-electron chi connectivity index (χ4n) is 1.41. The van der Waals surface area contributed by atoms with E-state index in [2.05, 4.69) is 13.8 Å². The normalized spacial score (nSPS) is 10.9. The molecule has 0 heterocycles. The van der Waals surface area contributed by atoms with E-state index < -0.39 is 0 Å². The van der Waals surface area contributed by atoms with Gasteiger partial charge in [0, 0.05) is 6.54 Å². The van der Waals surface area contributed by atoms with Crippen LogP contribution in [0.1, 0.15) is 35.7 Å². The van der Waals surface area contributed by atoms with E-state index in [4.69, 9.17) is 4.74 Å². The van der Waals surface area contributed by atoms with Crippen molar-refractivity contribution >= 4 is 5.97 Å². The van der Waals surface area contributed by atoms with Crippen molar-refractivity contribution in [1.29, 1.82) is 0 Å². The fourth-order valence-corrected chi connectivity index (χ4v) is 1.41. The minimum atomic E-state index is -0.248. The second kappa shape index (κ2) is 6.40. The van der Waals surface area contributed by atoms with E-state index in [-0.39, 0.29) is 5.97 Å². The van der Waals surface area contributed by atoms with Gasteiger partial charge >= 0.3 is 5.97 Å². The molecule has 0 N–H and O–H groups in total. The fraction of sp³-hybridized carbons (Fsp3) is 0.500. The third kappa shape index (κ3) is 4.57. The number of benzene rings is 1. The number of carbonyl (C=O) groups excluding carboxylic acids is 1. The molecule has 0 spiro atoms. The molecule has 0 saturated heterocycles. The highest BCUT2D eigenvalue weighted by Crippen LogP contribution is 2.15. The first-order valence-corrected chi connectivity index (χ1v) is 5.92. The van der Waals surface area contributed by atoms with Gasteiger partial charge in [0.1, 0.15) is 6.61 Å². The Labute approximate surface area is 103 Å². The first-order chi connectivity index (χ1) is 8.00. The molecule has 94 valence electrons. The van der Waals surface area contributed by atoms with Crippen LogP contribution in [0.3, 0.4) is 0 Å². The Morgan fingerprint density at radius 1 is 1.24 bits per heavy atom. The van der Waals surface area contributed by atoms with E-state index in [9.17, 15) is 4.79 Å². The lowest BCUT2D eigenvalue weighted by molar-refractivity contribution is 0.0482. The number of hydrogen-bond acceptors (Lipinski definition) is 3. The number of carbonyl (C=O) groups is 1. The average Bonchev–Trinajstić information content (AvgIpc) is 2.28. The summed E-state index contributed by atoms with van der Waals surface area (Å²) >= 11 is 0. The maximum atomic E-state index is 11.7. The van der Waals surface area contributed by atoms with Gasteiger partial charge in [-0.3, -0.25) is 0 Å². The molecule has 0 radical (unpaired) electrons. The topological polar surface area (TPSA) is 29.5 Å². The molecule has 0 atom stereocenters. The van der Waals surface area contributed by atoms with E-state index in [1.54, 1.807) is 0 Å². The van der Waals surface area contributed by atoms with Crippen molar-refractivity contribution in [2.75, 3.05) is 27.2 Å². The number of hydrogen-bond donors (Lipinski definition) is 0. The Balaban J connectivity index is 2.52. The number of nitrogens with zero attached hydrogens (tertiary/aromatic N) is 1. The van der Waals surface area contributed by atoms with Gasteiger partial charge in [0.05, 0.1) is 5.56 Å². The Kier molecular flexibility index (Phi) is 5.16. The molecule has 1 aromatic carbocycles. The molecule has 1 rings (SSSR count). The van der Waals surface area contributed by atoms with E-state index in [1.165, 1.54) is 5.56 Å². The van der Waals surface area contributed by atoms with Gasteiger partial charge in [0.15, 0.2) is 0 Å². The van der Waals surface area contributed by atoms with Gasteiger partial charge in [-0.2, -0.15) is 0 Å². The highest BCUT2D eigenvalue weighted by molar-refractivity contribution is 5.89. The second-order valence-corrected chi connectivity index (χ2v) is 4.72. The zero-order chi connectivity index (χ0) is 12.8. The summed E-state index contributed by atoms with van der Waals surface area (Å²) in [5.74, 6) is 0.232. The number of esters is 1. The summed E-state index contributed by atoms with van der Waals surface area (Å²) in [4.78, 5) is 13.6. The van der Waals surface area contributed by atoms with Crippen LogP contribution >= 0.6 is 0 Å². The van der Waals surface area contributed by atoms with Crippen LogP contribution < -0.4 is 0 Å². The average molecular weight is 235 g/mol. The summed E-state index contributed by atoms with van der Waals surface area (Å²) in [6, 6.07) is 7.61. The van der Waals surface area contributed by atoms with Crippen molar-refractivity contribution in [2.24, 2.45) is 0 Å². The van der Waals surface area contributed by atoms with Gasteiger partial charge in [-0.1, -0.05) is 26.0 Å². The first-order valence-electron chi connectivity index (χ1n) is 5.92. The van der Waals surface area contributed by atoms with E-state index >= 15 is 0 Å². The van der Waals surface area contributed by atoms with Crippen LogP contribution in [0.2, 0.25) is 0 Å². The monoisotopic (exact) mass is 235 g/mol. The predicted octanol–water partition coefficient (Wildman–Crippen LogP) is 2.53. The maximum Gasteiger partial charge on any atom is 0.338 e. The molecule has 3 nitrogen and oxygen atoms in total. The lowest BCUT2D eigenvalue weighted by Crippen LogP contribution is -2.20. The van der Waals surface area contributed by atoms with Crippen molar-refractivity contribution < 1.29 is 9.53 Å². The van der Waals surface area contributed by atoms with Crippen LogP contribution in [-0.2, 0) is 4.74 Å². The Morgan fingerprint density at radius 2 is 1.82 bits per heavy atom. The molecule has 0 aliphatic rings. The minimum Gasteiger partial charge on any atom is -0.461 e. The van der Waals surface area contributed by atoms with Gasteiger partial charge in [-0.25, -0.2) is 4.79 Å². The third-order valence-corrected chi connectivity index (χ3v) is 2.58. The summed E-state index contributed by atoms with van der Waals surface area (Å²) in [6.45, 7) is 5.43. The molecule has 0 aliphatic carbocycles. The van der Waals surface area contributed by atoms with Crippen LogP contribution in [0.4, 0.5) is 0 Å². The van der Waals surface area contributed by atoms with Crippen molar-refractivity contribution in [3.8, 4) is 0 Å². The Bertz CT molecular complexity index is 355. The minimum absolute atomic E-state index is 0.248. The van der Waals surface area contributed by atoms with Crippen LogP contribution in [0.25, 0.3) is 0 Å². The van der Waals surface area contributed by atoms with Gasteiger partial charge in [0.2, 0.25) is 0 Å². The molecule has 0 aliphatic heterocycles. The van der Waals surface area contributed by atoms with Crippen LogP contribution in [0, 0.1) is 0 Å². The number of likely N-dealkylation sites (N-methyl/N-ethyl adjacent to an activating group) is 1. The van der Waals surface area contributed by atoms with Crippen LogP contribution in [0.5, 0.6) is 0 Å². The summed E-state index contributed by atoms with van der Waals surface area (Å²) < 4.78 is 5.16. The van der Waals surface area contributed by atoms with E-state index in [0.717, 1.165) is 6.54 Å². The summed E-state index contributed by atoms with van der Waals surface area (Å²) in [6.07, 6.45) is 0. The lowest BCUT2D eigenvalue weighted by Gasteiger charge is -2.10. The molecule has 0 unspecified atom stereocenters. The molecule has 17 heavy (non-hydrogen) atoms. The zero-order valence-corrected chi connectivity index (χ0v) is 11.1. The summed E-state index contributed by atoms with van der Waals surface area (Å²) in [5, 5.41) is 0. The number of ether oxygens (including phenoxy) is 1. The van der Waals surface area contributed by atoms with Crippen LogP contribution in [0.15, 0.2) is 24.3 Å². The molecular weight excluding hydrogens is 214 g/mol. The second-order valence-electron chi connectivity index (χ2n) is 4.72. The molecule has 0 amide bonds. The van der Waals surface area contributed by atoms with Gasteiger partial charge in [-0.05, 0) is 37.7 Å². The van der Waals surface area contributed by atoms with E-state index in [1.807, 2.05) is 43.3 Å².